The van der Waals surface area contributed by atoms with Crippen LogP contribution >= 0.6 is 0 Å². The van der Waals surface area contributed by atoms with Crippen molar-refractivity contribution in [2.75, 3.05) is 5.73 Å². The zero-order valence-electron chi connectivity index (χ0n) is 13.5. The summed E-state index contributed by atoms with van der Waals surface area (Å²) in [7, 11) is 0. The molecule has 4 aromatic rings. The number of nitrogens with one attached hydrogen (secondary N) is 1. The quantitative estimate of drug-likeness (QED) is 0.379. The van der Waals surface area contributed by atoms with E-state index in [4.69, 9.17) is 10.7 Å². The average Bonchev–Trinajstić information content (AvgIpc) is 2.98. The number of H-pyrrole nitrogens is 1. The molecule has 0 radical (unpaired) electrons. The molecule has 0 saturated heterocycles. The van der Waals surface area contributed by atoms with Crippen molar-refractivity contribution in [1.82, 2.24) is 4.98 Å². The van der Waals surface area contributed by atoms with Crippen LogP contribution in [0.5, 0.6) is 5.88 Å². The van der Waals surface area contributed by atoms with Gasteiger partial charge in [-0.05, 0) is 30.3 Å². The first kappa shape index (κ1) is 15.0. The number of aromatic nitrogens is 1. The van der Waals surface area contributed by atoms with Crippen LogP contribution in [0.15, 0.2) is 83.9 Å². The normalized spacial score (nSPS) is 11.8. The van der Waals surface area contributed by atoms with Crippen molar-refractivity contribution < 1.29 is 5.11 Å². The van der Waals surface area contributed by atoms with Gasteiger partial charge in [-0.15, -0.1) is 0 Å². The van der Waals surface area contributed by atoms with Crippen molar-refractivity contribution >= 4 is 28.0 Å². The summed E-state index contributed by atoms with van der Waals surface area (Å²) in [5, 5.41) is 11.5. The number of aromatic hydroxyl groups is 1. The van der Waals surface area contributed by atoms with Crippen molar-refractivity contribution in [1.29, 1.82) is 0 Å². The molecule has 4 rings (SSSR count). The molecule has 25 heavy (non-hydrogen) atoms. The summed E-state index contributed by atoms with van der Waals surface area (Å²) in [6.07, 6.45) is 0. The molecule has 0 spiro atoms. The third-order valence-electron chi connectivity index (χ3n) is 4.10. The van der Waals surface area contributed by atoms with E-state index >= 15 is 0 Å². The van der Waals surface area contributed by atoms with Crippen LogP contribution in [0.2, 0.25) is 0 Å². The molecule has 0 aliphatic rings. The van der Waals surface area contributed by atoms with E-state index in [2.05, 4.69) is 4.98 Å². The average molecular weight is 327 g/mol. The van der Waals surface area contributed by atoms with Crippen LogP contribution in [0.25, 0.3) is 10.9 Å². The standard InChI is InChI=1S/C21H17N3O/c22-15-10-12-16(13-11-15)23-20(14-6-2-1-3-7-14)19-17-8-4-5-9-18(17)24-21(19)25/h1-13,24-25H,22H2. The van der Waals surface area contributed by atoms with Crippen molar-refractivity contribution in [3.8, 4) is 5.88 Å². The molecule has 4 N–H and O–H groups in total. The number of nitrogens with two attached hydrogens (primary N) is 1. The second-order valence-corrected chi connectivity index (χ2v) is 5.81. The molecule has 122 valence electrons. The molecular formula is C21H17N3O. The maximum Gasteiger partial charge on any atom is 0.199 e. The molecule has 0 amide bonds. The third-order valence-corrected chi connectivity index (χ3v) is 4.10. The molecule has 0 aliphatic heterocycles. The SMILES string of the molecule is Nc1ccc(N=C(c2ccccc2)c2c(O)[nH]c3ccccc23)cc1. The zero-order chi connectivity index (χ0) is 17.2. The molecule has 0 saturated carbocycles. The number of hydrogen-bond acceptors (Lipinski definition) is 3. The predicted octanol–water partition coefficient (Wildman–Crippen LogP) is 4.62. The maximum atomic E-state index is 10.5. The lowest BCUT2D eigenvalue weighted by Gasteiger charge is -2.08. The molecule has 4 heteroatoms. The van der Waals surface area contributed by atoms with Crippen LogP contribution in [0.4, 0.5) is 11.4 Å². The second kappa shape index (κ2) is 6.17. The Morgan fingerprint density at radius 2 is 1.52 bits per heavy atom. The van der Waals surface area contributed by atoms with E-state index in [1.807, 2.05) is 78.9 Å². The van der Waals surface area contributed by atoms with E-state index in [0.29, 0.717) is 17.0 Å². The van der Waals surface area contributed by atoms with Gasteiger partial charge in [0.2, 0.25) is 0 Å². The molecule has 0 aliphatic carbocycles. The van der Waals surface area contributed by atoms with Crippen LogP contribution in [0.1, 0.15) is 11.1 Å². The van der Waals surface area contributed by atoms with Gasteiger partial charge in [0.25, 0.3) is 0 Å². The Bertz CT molecular complexity index is 1050. The largest absolute Gasteiger partial charge is 0.494 e. The molecule has 1 aromatic heterocycles. The van der Waals surface area contributed by atoms with Crippen LogP contribution in [-0.4, -0.2) is 15.8 Å². The van der Waals surface area contributed by atoms with Gasteiger partial charge in [0.05, 0.1) is 17.0 Å². The van der Waals surface area contributed by atoms with Gasteiger partial charge in [-0.1, -0.05) is 48.5 Å². The van der Waals surface area contributed by atoms with E-state index in [1.165, 1.54) is 0 Å². The van der Waals surface area contributed by atoms with E-state index < -0.39 is 0 Å². The number of nitrogens with zero attached hydrogens (tertiary/aromatic N) is 1. The number of hydrogen-bond donors (Lipinski definition) is 3. The lowest BCUT2D eigenvalue weighted by atomic mass is 10.0. The number of rotatable bonds is 3. The zero-order valence-corrected chi connectivity index (χ0v) is 13.5. The summed E-state index contributed by atoms with van der Waals surface area (Å²) < 4.78 is 0. The molecule has 0 fully saturated rings. The van der Waals surface area contributed by atoms with E-state index in [1.54, 1.807) is 0 Å². The van der Waals surface area contributed by atoms with Gasteiger partial charge in [0.1, 0.15) is 0 Å². The Morgan fingerprint density at radius 1 is 0.840 bits per heavy atom. The van der Waals surface area contributed by atoms with Crippen LogP contribution in [0.3, 0.4) is 0 Å². The summed E-state index contributed by atoms with van der Waals surface area (Å²) in [6.45, 7) is 0. The minimum atomic E-state index is 0.110. The first-order valence-corrected chi connectivity index (χ1v) is 8.02. The van der Waals surface area contributed by atoms with Gasteiger partial charge in [-0.25, -0.2) is 4.99 Å². The molecule has 3 aromatic carbocycles. The first-order chi connectivity index (χ1) is 12.2. The maximum absolute atomic E-state index is 10.5. The summed E-state index contributed by atoms with van der Waals surface area (Å²) >= 11 is 0. The van der Waals surface area contributed by atoms with E-state index in [-0.39, 0.29) is 5.88 Å². The van der Waals surface area contributed by atoms with Gasteiger partial charge in [-0.2, -0.15) is 0 Å². The van der Waals surface area contributed by atoms with Gasteiger partial charge in [0.15, 0.2) is 5.88 Å². The molecule has 0 unspecified atom stereocenters. The van der Waals surface area contributed by atoms with Crippen molar-refractivity contribution in [2.24, 2.45) is 4.99 Å². The first-order valence-electron chi connectivity index (χ1n) is 8.02. The Kier molecular flexibility index (Phi) is 3.71. The van der Waals surface area contributed by atoms with Crippen molar-refractivity contribution in [3.63, 3.8) is 0 Å². The second-order valence-electron chi connectivity index (χ2n) is 5.81. The highest BCUT2D eigenvalue weighted by atomic mass is 16.3. The lowest BCUT2D eigenvalue weighted by Crippen LogP contribution is -2.02. The van der Waals surface area contributed by atoms with Gasteiger partial charge in [-0.3, -0.25) is 0 Å². The van der Waals surface area contributed by atoms with Gasteiger partial charge in [0, 0.05) is 22.2 Å². The van der Waals surface area contributed by atoms with Crippen LogP contribution in [0, 0.1) is 0 Å². The summed E-state index contributed by atoms with van der Waals surface area (Å²) in [5.74, 6) is 0.110. The van der Waals surface area contributed by atoms with Crippen molar-refractivity contribution in [2.45, 2.75) is 0 Å². The Labute approximate surface area is 145 Å². The predicted molar refractivity (Wildman–Crippen MR) is 103 cm³/mol. The van der Waals surface area contributed by atoms with Crippen molar-refractivity contribution in [3.05, 3.63) is 90.0 Å². The highest BCUT2D eigenvalue weighted by Gasteiger charge is 2.18. The Morgan fingerprint density at radius 3 is 2.28 bits per heavy atom. The minimum Gasteiger partial charge on any atom is -0.494 e. The molecular weight excluding hydrogens is 310 g/mol. The fourth-order valence-electron chi connectivity index (χ4n) is 2.91. The number of benzene rings is 3. The minimum absolute atomic E-state index is 0.110. The van der Waals surface area contributed by atoms with Crippen LogP contribution < -0.4 is 5.73 Å². The number of anilines is 1. The third kappa shape index (κ3) is 2.85. The molecule has 1 heterocycles. The van der Waals surface area contributed by atoms with E-state index in [9.17, 15) is 5.11 Å². The molecule has 0 bridgehead atoms. The van der Waals surface area contributed by atoms with Gasteiger partial charge >= 0.3 is 0 Å². The topological polar surface area (TPSA) is 74.4 Å². The summed E-state index contributed by atoms with van der Waals surface area (Å²) in [5.41, 5.74) is 10.4. The number of aromatic amines is 1. The summed E-state index contributed by atoms with van der Waals surface area (Å²) in [4.78, 5) is 7.83. The van der Waals surface area contributed by atoms with Gasteiger partial charge < -0.3 is 15.8 Å². The fraction of sp³-hybridized carbons (Fsp3) is 0. The Balaban J connectivity index is 1.97. The fourth-order valence-corrected chi connectivity index (χ4v) is 2.91. The highest BCUT2D eigenvalue weighted by Crippen LogP contribution is 2.31. The van der Waals surface area contributed by atoms with Crippen LogP contribution in [-0.2, 0) is 0 Å². The summed E-state index contributed by atoms with van der Waals surface area (Å²) in [6, 6.07) is 25.0. The molecule has 4 nitrogen and oxygen atoms in total. The molecule has 0 atom stereocenters. The number of para-hydroxylation sites is 1. The lowest BCUT2D eigenvalue weighted by molar-refractivity contribution is 0.457. The number of fused-ring (bicyclic) bond motifs is 1. The number of aliphatic imine (C=N–C) groups is 1. The Hall–Kier alpha value is -3.53. The highest BCUT2D eigenvalue weighted by molar-refractivity contribution is 6.21. The number of nitrogen functional groups attached to an aromatic ring is 1. The van der Waals surface area contributed by atoms with E-state index in [0.717, 1.165) is 22.2 Å². The monoisotopic (exact) mass is 327 g/mol. The smallest absolute Gasteiger partial charge is 0.199 e.